The van der Waals surface area contributed by atoms with Crippen LogP contribution in [-0.2, 0) is 27.9 Å². The number of carbonyl (C=O) groups excluding carboxylic acids is 1. The van der Waals surface area contributed by atoms with Crippen molar-refractivity contribution in [3.63, 3.8) is 0 Å². The van der Waals surface area contributed by atoms with E-state index in [1.54, 1.807) is 6.26 Å². The van der Waals surface area contributed by atoms with Crippen LogP contribution in [0.1, 0.15) is 162 Å². The molecule has 0 fully saturated rings. The summed E-state index contributed by atoms with van der Waals surface area (Å²) in [4.78, 5) is 22.2. The second-order valence-electron chi connectivity index (χ2n) is 12.5. The molecule has 0 heterocycles. The number of allylic oxidation sites excluding steroid dienone is 7. The molecule has 0 saturated carbocycles. The first kappa shape index (κ1) is 46.3. The molecule has 0 aliphatic rings. The van der Waals surface area contributed by atoms with Crippen LogP contribution >= 0.6 is 7.82 Å². The molecule has 0 spiro atoms. The lowest BCUT2D eigenvalue weighted by molar-refractivity contribution is -0.147. The number of phosphoric acid groups is 1. The Balaban J connectivity index is 4.22. The minimum atomic E-state index is -4.27. The number of phosphoric ester groups is 1. The molecule has 0 aromatic heterocycles. The van der Waals surface area contributed by atoms with Gasteiger partial charge in [0.15, 0.2) is 6.10 Å². The number of carbonyl (C=O) groups is 1. The standard InChI is InChI=1S/C39H72NO7P/c1-3-5-7-9-11-13-15-17-19-20-22-24-26-28-30-32-39(41)45-36-38(37-47-48(42,43)46-35-33-40)44-34-31-29-27-25-23-21-18-16-14-12-10-8-6-4-2/h11,13,17,19,22,24,31,34,38H,3-10,12,14-16,18,20-21,23,25-30,32-33,35-37,40H2,1-2H3,(H,42,43)/t38-/m1/s1. The Kier molecular flexibility index (Phi) is 35.3. The maximum atomic E-state index is 12.3. The third-order valence-corrected chi connectivity index (χ3v) is 8.82. The Labute approximate surface area is 294 Å². The quantitative estimate of drug-likeness (QED) is 0.0218. The van der Waals surface area contributed by atoms with Crippen LogP contribution in [0.5, 0.6) is 0 Å². The van der Waals surface area contributed by atoms with Gasteiger partial charge in [-0.05, 0) is 63.9 Å². The second kappa shape index (κ2) is 36.6. The van der Waals surface area contributed by atoms with Crippen LogP contribution in [0.2, 0.25) is 0 Å². The van der Waals surface area contributed by atoms with Gasteiger partial charge in [-0.25, -0.2) is 4.57 Å². The van der Waals surface area contributed by atoms with Gasteiger partial charge in [0.2, 0.25) is 0 Å². The van der Waals surface area contributed by atoms with E-state index >= 15 is 0 Å². The van der Waals surface area contributed by atoms with Gasteiger partial charge in [-0.1, -0.05) is 134 Å². The Morgan fingerprint density at radius 2 is 1.12 bits per heavy atom. The molecule has 0 saturated heterocycles. The SMILES string of the molecule is CCCCCC=CCC=CCC=CCCCCC(=O)OC[C@H](COP(=O)(O)OCCN)OC=CCCCCCCCCCCCCCC. The van der Waals surface area contributed by atoms with Crippen molar-refractivity contribution in [1.29, 1.82) is 0 Å². The first-order valence-corrected chi connectivity index (χ1v) is 20.7. The van der Waals surface area contributed by atoms with E-state index in [0.717, 1.165) is 44.9 Å². The van der Waals surface area contributed by atoms with Crippen LogP contribution in [0.4, 0.5) is 0 Å². The number of hydrogen-bond acceptors (Lipinski definition) is 7. The zero-order valence-electron chi connectivity index (χ0n) is 30.7. The number of nitrogens with two attached hydrogens (primary N) is 1. The Hall–Kier alpha value is -1.70. The lowest BCUT2D eigenvalue weighted by atomic mass is 10.0. The van der Waals surface area contributed by atoms with Crippen molar-refractivity contribution in [3.05, 3.63) is 48.8 Å². The first-order chi connectivity index (χ1) is 23.4. The molecule has 0 aromatic carbocycles. The topological polar surface area (TPSA) is 117 Å². The van der Waals surface area contributed by atoms with E-state index in [4.69, 9.17) is 24.3 Å². The van der Waals surface area contributed by atoms with Crippen LogP contribution < -0.4 is 5.73 Å². The molecule has 9 heteroatoms. The lowest BCUT2D eigenvalue weighted by Gasteiger charge is -2.19. The molecule has 0 rings (SSSR count). The van der Waals surface area contributed by atoms with E-state index in [1.807, 2.05) is 6.08 Å². The van der Waals surface area contributed by atoms with Gasteiger partial charge in [-0.15, -0.1) is 0 Å². The molecule has 3 N–H and O–H groups in total. The summed E-state index contributed by atoms with van der Waals surface area (Å²) in [7, 11) is -4.27. The zero-order valence-corrected chi connectivity index (χ0v) is 31.6. The molecular weight excluding hydrogens is 625 g/mol. The molecule has 48 heavy (non-hydrogen) atoms. The van der Waals surface area contributed by atoms with Gasteiger partial charge in [0.25, 0.3) is 0 Å². The summed E-state index contributed by atoms with van der Waals surface area (Å²) in [6, 6.07) is 0. The molecule has 0 radical (unpaired) electrons. The summed E-state index contributed by atoms with van der Waals surface area (Å²) in [6.45, 7) is 4.13. The predicted octanol–water partition coefficient (Wildman–Crippen LogP) is 11.2. The van der Waals surface area contributed by atoms with E-state index in [9.17, 15) is 14.3 Å². The van der Waals surface area contributed by atoms with E-state index in [2.05, 4.69) is 50.3 Å². The number of hydrogen-bond donors (Lipinski definition) is 2. The molecule has 0 aliphatic carbocycles. The van der Waals surface area contributed by atoms with Gasteiger partial charge in [-0.3, -0.25) is 13.8 Å². The third-order valence-electron chi connectivity index (χ3n) is 7.84. The Morgan fingerprint density at radius 1 is 0.646 bits per heavy atom. The summed E-state index contributed by atoms with van der Waals surface area (Å²) in [5, 5.41) is 0. The van der Waals surface area contributed by atoms with Crippen LogP contribution in [0.25, 0.3) is 0 Å². The van der Waals surface area contributed by atoms with Crippen LogP contribution in [0.15, 0.2) is 48.8 Å². The molecule has 0 aliphatic heterocycles. The highest BCUT2D eigenvalue weighted by atomic mass is 31.2. The first-order valence-electron chi connectivity index (χ1n) is 19.2. The van der Waals surface area contributed by atoms with Crippen molar-refractivity contribution in [2.75, 3.05) is 26.4 Å². The second-order valence-corrected chi connectivity index (χ2v) is 14.0. The minimum absolute atomic E-state index is 0.0845. The highest BCUT2D eigenvalue weighted by Crippen LogP contribution is 2.43. The average molecular weight is 698 g/mol. The van der Waals surface area contributed by atoms with E-state index in [0.29, 0.717) is 6.42 Å². The summed E-state index contributed by atoms with van der Waals surface area (Å²) in [5.74, 6) is -0.328. The fourth-order valence-electron chi connectivity index (χ4n) is 4.93. The van der Waals surface area contributed by atoms with Crippen molar-refractivity contribution in [1.82, 2.24) is 0 Å². The van der Waals surface area contributed by atoms with Gasteiger partial charge in [0.05, 0.1) is 19.5 Å². The van der Waals surface area contributed by atoms with Crippen molar-refractivity contribution in [3.8, 4) is 0 Å². The molecular formula is C39H72NO7P. The molecule has 0 aromatic rings. The van der Waals surface area contributed by atoms with E-state index < -0.39 is 13.9 Å². The Bertz CT molecular complexity index is 874. The van der Waals surface area contributed by atoms with Crippen molar-refractivity contribution in [2.45, 2.75) is 168 Å². The molecule has 2 atom stereocenters. The number of esters is 1. The minimum Gasteiger partial charge on any atom is -0.492 e. The smallest absolute Gasteiger partial charge is 0.472 e. The van der Waals surface area contributed by atoms with Crippen molar-refractivity contribution >= 4 is 13.8 Å². The van der Waals surface area contributed by atoms with Crippen molar-refractivity contribution in [2.24, 2.45) is 5.73 Å². The van der Waals surface area contributed by atoms with Crippen LogP contribution in [-0.4, -0.2) is 43.3 Å². The van der Waals surface area contributed by atoms with Crippen LogP contribution in [0.3, 0.4) is 0 Å². The fourth-order valence-corrected chi connectivity index (χ4v) is 5.69. The van der Waals surface area contributed by atoms with E-state index in [1.165, 1.54) is 96.3 Å². The summed E-state index contributed by atoms with van der Waals surface area (Å²) < 4.78 is 33.0. The number of ether oxygens (including phenoxy) is 2. The van der Waals surface area contributed by atoms with Gasteiger partial charge < -0.3 is 20.1 Å². The van der Waals surface area contributed by atoms with Crippen LogP contribution in [0, 0.1) is 0 Å². The summed E-state index contributed by atoms with van der Waals surface area (Å²) in [5.41, 5.74) is 5.35. The van der Waals surface area contributed by atoms with Gasteiger partial charge in [0.1, 0.15) is 6.61 Å². The third kappa shape index (κ3) is 35.6. The van der Waals surface area contributed by atoms with Gasteiger partial charge in [0, 0.05) is 13.0 Å². The maximum Gasteiger partial charge on any atom is 0.472 e. The average Bonchev–Trinajstić information content (AvgIpc) is 3.08. The largest absolute Gasteiger partial charge is 0.492 e. The molecule has 1 unspecified atom stereocenters. The van der Waals surface area contributed by atoms with Crippen molar-refractivity contribution < 1.29 is 32.8 Å². The molecule has 8 nitrogen and oxygen atoms in total. The maximum absolute atomic E-state index is 12.3. The number of unbranched alkanes of at least 4 members (excludes halogenated alkanes) is 17. The normalized spacial score (nSPS) is 14.1. The summed E-state index contributed by atoms with van der Waals surface area (Å²) in [6.07, 6.45) is 42.2. The zero-order chi connectivity index (χ0) is 35.2. The molecule has 280 valence electrons. The van der Waals surface area contributed by atoms with Gasteiger partial charge in [-0.2, -0.15) is 0 Å². The predicted molar refractivity (Wildman–Crippen MR) is 201 cm³/mol. The summed E-state index contributed by atoms with van der Waals surface area (Å²) >= 11 is 0. The highest BCUT2D eigenvalue weighted by Gasteiger charge is 2.24. The van der Waals surface area contributed by atoms with Gasteiger partial charge >= 0.3 is 13.8 Å². The Morgan fingerprint density at radius 3 is 1.71 bits per heavy atom. The monoisotopic (exact) mass is 698 g/mol. The fraction of sp³-hybridized carbons (Fsp3) is 0.769. The molecule has 0 amide bonds. The van der Waals surface area contributed by atoms with E-state index in [-0.39, 0.29) is 32.3 Å². The lowest BCUT2D eigenvalue weighted by Crippen LogP contribution is -2.25. The molecule has 0 bridgehead atoms. The highest BCUT2D eigenvalue weighted by molar-refractivity contribution is 7.47. The number of rotatable bonds is 36.